The van der Waals surface area contributed by atoms with Gasteiger partial charge in [-0.1, -0.05) is 31.0 Å². The highest BCUT2D eigenvalue weighted by atomic mass is 32.2. The molecule has 0 bridgehead atoms. The van der Waals surface area contributed by atoms with Gasteiger partial charge >= 0.3 is 0 Å². The van der Waals surface area contributed by atoms with Gasteiger partial charge in [0.15, 0.2) is 0 Å². The fourth-order valence-electron chi connectivity index (χ4n) is 2.54. The molecule has 2 rings (SSSR count). The van der Waals surface area contributed by atoms with Gasteiger partial charge in [-0.2, -0.15) is 0 Å². The van der Waals surface area contributed by atoms with Crippen molar-refractivity contribution in [2.45, 2.75) is 36.7 Å². The van der Waals surface area contributed by atoms with Gasteiger partial charge in [-0.15, -0.1) is 11.8 Å². The smallest absolute Gasteiger partial charge is 0.0615 e. The largest absolute Gasteiger partial charge is 0.377 e. The topological polar surface area (TPSA) is 35.2 Å². The fraction of sp³-hybridized carbons (Fsp3) is 0.600. The number of benzene rings is 1. The second-order valence-corrected chi connectivity index (χ2v) is 6.02. The Hall–Kier alpha value is -0.510. The van der Waals surface area contributed by atoms with Crippen LogP contribution < -0.4 is 5.73 Å². The van der Waals surface area contributed by atoms with Gasteiger partial charge in [-0.25, -0.2) is 0 Å². The molecule has 1 aromatic rings. The minimum atomic E-state index is 0.403. The lowest BCUT2D eigenvalue weighted by atomic mass is 9.86. The standard InChI is InChI=1S/C15H23NOS/c16-12-13-6-4-5-9-15(13)17-10-11-18-14-7-2-1-3-8-14/h1-3,7-8,13,15H,4-6,9-12,16H2. The predicted molar refractivity (Wildman–Crippen MR) is 77.9 cm³/mol. The van der Waals surface area contributed by atoms with E-state index in [0.717, 1.165) is 18.9 Å². The second-order valence-electron chi connectivity index (χ2n) is 4.85. The van der Waals surface area contributed by atoms with Crippen molar-refractivity contribution in [3.05, 3.63) is 30.3 Å². The molecule has 3 heteroatoms. The summed E-state index contributed by atoms with van der Waals surface area (Å²) < 4.78 is 6.01. The zero-order chi connectivity index (χ0) is 12.6. The van der Waals surface area contributed by atoms with E-state index in [-0.39, 0.29) is 0 Å². The van der Waals surface area contributed by atoms with Gasteiger partial charge in [-0.05, 0) is 37.4 Å². The quantitative estimate of drug-likeness (QED) is 0.633. The highest BCUT2D eigenvalue weighted by Crippen LogP contribution is 2.26. The maximum absolute atomic E-state index is 6.01. The minimum Gasteiger partial charge on any atom is -0.377 e. The third-order valence-electron chi connectivity index (χ3n) is 3.57. The Kier molecular flexibility index (Phi) is 6.05. The van der Waals surface area contributed by atoms with E-state index in [1.807, 2.05) is 11.8 Å². The van der Waals surface area contributed by atoms with Crippen LogP contribution in [0.2, 0.25) is 0 Å². The number of nitrogens with two attached hydrogens (primary N) is 1. The first-order valence-corrected chi connectivity index (χ1v) is 7.88. The van der Waals surface area contributed by atoms with Crippen molar-refractivity contribution in [3.63, 3.8) is 0 Å². The summed E-state index contributed by atoms with van der Waals surface area (Å²) in [7, 11) is 0. The Morgan fingerprint density at radius 3 is 2.72 bits per heavy atom. The first kappa shape index (κ1) is 13.9. The Morgan fingerprint density at radius 2 is 1.94 bits per heavy atom. The molecule has 1 saturated carbocycles. The van der Waals surface area contributed by atoms with Crippen LogP contribution in [0.25, 0.3) is 0 Å². The van der Waals surface area contributed by atoms with E-state index in [4.69, 9.17) is 10.5 Å². The molecule has 0 spiro atoms. The molecular formula is C15H23NOS. The van der Waals surface area contributed by atoms with Crippen molar-refractivity contribution in [1.29, 1.82) is 0 Å². The van der Waals surface area contributed by atoms with Crippen LogP contribution in [0.15, 0.2) is 35.2 Å². The molecule has 2 N–H and O–H groups in total. The van der Waals surface area contributed by atoms with Crippen molar-refractivity contribution in [2.24, 2.45) is 11.7 Å². The summed E-state index contributed by atoms with van der Waals surface area (Å²) in [6.07, 6.45) is 5.46. The maximum atomic E-state index is 6.01. The number of rotatable bonds is 6. The number of hydrogen-bond donors (Lipinski definition) is 1. The number of hydrogen-bond acceptors (Lipinski definition) is 3. The Balaban J connectivity index is 1.65. The highest BCUT2D eigenvalue weighted by Gasteiger charge is 2.24. The summed E-state index contributed by atoms with van der Waals surface area (Å²) in [5.74, 6) is 1.61. The van der Waals surface area contributed by atoms with E-state index in [9.17, 15) is 0 Å². The highest BCUT2D eigenvalue weighted by molar-refractivity contribution is 7.99. The summed E-state index contributed by atoms with van der Waals surface area (Å²) >= 11 is 1.86. The zero-order valence-electron chi connectivity index (χ0n) is 10.9. The molecule has 2 nitrogen and oxygen atoms in total. The van der Waals surface area contributed by atoms with E-state index in [1.165, 1.54) is 30.6 Å². The average Bonchev–Trinajstić information content (AvgIpc) is 2.45. The summed E-state index contributed by atoms with van der Waals surface area (Å²) in [6, 6.07) is 10.5. The molecule has 0 heterocycles. The van der Waals surface area contributed by atoms with Gasteiger partial charge in [-0.3, -0.25) is 0 Å². The lowest BCUT2D eigenvalue weighted by Crippen LogP contribution is -2.33. The van der Waals surface area contributed by atoms with Gasteiger partial charge in [0, 0.05) is 10.6 Å². The lowest BCUT2D eigenvalue weighted by Gasteiger charge is -2.30. The van der Waals surface area contributed by atoms with Gasteiger partial charge in [0.2, 0.25) is 0 Å². The van der Waals surface area contributed by atoms with Crippen LogP contribution in [0.5, 0.6) is 0 Å². The van der Waals surface area contributed by atoms with E-state index in [0.29, 0.717) is 12.0 Å². The molecule has 1 aliphatic carbocycles. The summed E-state index contributed by atoms with van der Waals surface area (Å²) in [4.78, 5) is 1.32. The molecule has 0 aliphatic heterocycles. The molecular weight excluding hydrogens is 242 g/mol. The fourth-order valence-corrected chi connectivity index (χ4v) is 3.30. The Morgan fingerprint density at radius 1 is 1.17 bits per heavy atom. The number of ether oxygens (including phenoxy) is 1. The monoisotopic (exact) mass is 265 g/mol. The van der Waals surface area contributed by atoms with Crippen LogP contribution in [0.3, 0.4) is 0 Å². The van der Waals surface area contributed by atoms with Gasteiger partial charge in [0.1, 0.15) is 0 Å². The zero-order valence-corrected chi connectivity index (χ0v) is 11.7. The van der Waals surface area contributed by atoms with Crippen molar-refractivity contribution in [2.75, 3.05) is 18.9 Å². The van der Waals surface area contributed by atoms with Gasteiger partial charge in [0.05, 0.1) is 12.7 Å². The normalized spacial score (nSPS) is 24.1. The second kappa shape index (κ2) is 7.82. The van der Waals surface area contributed by atoms with Crippen LogP contribution >= 0.6 is 11.8 Å². The molecule has 1 aliphatic rings. The van der Waals surface area contributed by atoms with Crippen LogP contribution in [0, 0.1) is 5.92 Å². The van der Waals surface area contributed by atoms with Crippen molar-refractivity contribution in [1.82, 2.24) is 0 Å². The predicted octanol–water partition coefficient (Wildman–Crippen LogP) is 3.31. The maximum Gasteiger partial charge on any atom is 0.0615 e. The summed E-state index contributed by atoms with van der Waals surface area (Å²) in [5.41, 5.74) is 5.80. The van der Waals surface area contributed by atoms with Crippen molar-refractivity contribution < 1.29 is 4.74 Å². The molecule has 0 radical (unpaired) electrons. The SMILES string of the molecule is NCC1CCCCC1OCCSc1ccccc1. The molecule has 1 aromatic carbocycles. The average molecular weight is 265 g/mol. The lowest BCUT2D eigenvalue weighted by molar-refractivity contribution is 0.000309. The summed E-state index contributed by atoms with van der Waals surface area (Å²) in [5, 5.41) is 0. The molecule has 0 saturated heterocycles. The first-order valence-electron chi connectivity index (χ1n) is 6.89. The van der Waals surface area contributed by atoms with Crippen molar-refractivity contribution in [3.8, 4) is 0 Å². The number of thioether (sulfide) groups is 1. The van der Waals surface area contributed by atoms with E-state index >= 15 is 0 Å². The minimum absolute atomic E-state index is 0.403. The van der Waals surface area contributed by atoms with Crippen LogP contribution in [-0.4, -0.2) is 25.0 Å². The molecule has 2 unspecified atom stereocenters. The van der Waals surface area contributed by atoms with Crippen molar-refractivity contribution >= 4 is 11.8 Å². The Labute approximate surface area is 114 Å². The van der Waals surface area contributed by atoms with Crippen LogP contribution in [0.1, 0.15) is 25.7 Å². The summed E-state index contributed by atoms with van der Waals surface area (Å²) in [6.45, 7) is 1.61. The third kappa shape index (κ3) is 4.30. The molecule has 0 amide bonds. The Bertz CT molecular complexity index is 331. The van der Waals surface area contributed by atoms with E-state index in [2.05, 4.69) is 30.3 Å². The first-order chi connectivity index (χ1) is 8.90. The van der Waals surface area contributed by atoms with Crippen LogP contribution in [0.4, 0.5) is 0 Å². The van der Waals surface area contributed by atoms with Gasteiger partial charge in [0.25, 0.3) is 0 Å². The molecule has 1 fully saturated rings. The molecule has 100 valence electrons. The molecule has 0 aromatic heterocycles. The van der Waals surface area contributed by atoms with Crippen LogP contribution in [-0.2, 0) is 4.74 Å². The molecule has 18 heavy (non-hydrogen) atoms. The van der Waals surface area contributed by atoms with E-state index < -0.39 is 0 Å². The third-order valence-corrected chi connectivity index (χ3v) is 4.55. The molecule has 2 atom stereocenters. The van der Waals surface area contributed by atoms with E-state index in [1.54, 1.807) is 0 Å². The van der Waals surface area contributed by atoms with Gasteiger partial charge < -0.3 is 10.5 Å².